The molecular weight excluding hydrogens is 279 g/mol. The summed E-state index contributed by atoms with van der Waals surface area (Å²) < 4.78 is 1.15. The highest BCUT2D eigenvalue weighted by molar-refractivity contribution is 14.1. The molecule has 13 heavy (non-hydrogen) atoms. The molecule has 0 heterocycles. The fraction of sp³-hybridized carbons (Fsp3) is 0.300. The van der Waals surface area contributed by atoms with Crippen molar-refractivity contribution in [2.24, 2.45) is 5.92 Å². The van der Waals surface area contributed by atoms with E-state index in [0.29, 0.717) is 6.42 Å². The fourth-order valence-electron chi connectivity index (χ4n) is 1.10. The predicted octanol–water partition coefficient (Wildman–Crippen LogP) is 2.55. The van der Waals surface area contributed by atoms with Gasteiger partial charge in [-0.05, 0) is 46.7 Å². The first-order valence-corrected chi connectivity index (χ1v) is 5.14. The van der Waals surface area contributed by atoms with Gasteiger partial charge in [-0.3, -0.25) is 4.79 Å². The van der Waals surface area contributed by atoms with E-state index in [0.717, 1.165) is 9.13 Å². The van der Waals surface area contributed by atoms with Crippen molar-refractivity contribution in [1.82, 2.24) is 0 Å². The third-order valence-electron chi connectivity index (χ3n) is 1.85. The molecule has 0 aliphatic heterocycles. The van der Waals surface area contributed by atoms with E-state index in [-0.39, 0.29) is 5.92 Å². The number of rotatable bonds is 3. The molecule has 0 spiro atoms. The van der Waals surface area contributed by atoms with Gasteiger partial charge in [0.2, 0.25) is 0 Å². The monoisotopic (exact) mass is 290 g/mol. The highest BCUT2D eigenvalue weighted by Gasteiger charge is 2.11. The van der Waals surface area contributed by atoms with Gasteiger partial charge in [-0.15, -0.1) is 0 Å². The molecule has 0 aliphatic rings. The van der Waals surface area contributed by atoms with Gasteiger partial charge in [0.1, 0.15) is 0 Å². The lowest BCUT2D eigenvalue weighted by atomic mass is 10.0. The second-order valence-corrected chi connectivity index (χ2v) is 4.32. The minimum absolute atomic E-state index is 0.307. The highest BCUT2D eigenvalue weighted by Crippen LogP contribution is 2.12. The molecule has 1 rings (SSSR count). The quantitative estimate of drug-likeness (QED) is 0.869. The molecule has 1 aromatic rings. The molecule has 0 aliphatic carbocycles. The maximum atomic E-state index is 10.6. The average Bonchev–Trinajstić information content (AvgIpc) is 2.04. The maximum Gasteiger partial charge on any atom is 0.306 e. The van der Waals surface area contributed by atoms with Gasteiger partial charge in [-0.25, -0.2) is 0 Å². The number of aliphatic carboxylic acids is 1. The molecule has 0 radical (unpaired) electrons. The minimum atomic E-state index is -0.737. The van der Waals surface area contributed by atoms with Crippen LogP contribution in [0, 0.1) is 9.49 Å². The molecule has 70 valence electrons. The minimum Gasteiger partial charge on any atom is -0.481 e. The topological polar surface area (TPSA) is 37.3 Å². The number of carbonyl (C=O) groups is 1. The third-order valence-corrected chi connectivity index (χ3v) is 2.52. The zero-order valence-electron chi connectivity index (χ0n) is 7.33. The van der Waals surface area contributed by atoms with Crippen LogP contribution in [0.4, 0.5) is 0 Å². The summed E-state index contributed by atoms with van der Waals surface area (Å²) in [7, 11) is 0. The fourth-order valence-corrected chi connectivity index (χ4v) is 1.71. The van der Waals surface area contributed by atoms with Crippen LogP contribution >= 0.6 is 22.6 Å². The van der Waals surface area contributed by atoms with Crippen molar-refractivity contribution in [3.63, 3.8) is 0 Å². The molecule has 0 saturated heterocycles. The van der Waals surface area contributed by atoms with Gasteiger partial charge in [-0.1, -0.05) is 19.1 Å². The van der Waals surface area contributed by atoms with Crippen molar-refractivity contribution in [3.8, 4) is 0 Å². The van der Waals surface area contributed by atoms with Crippen molar-refractivity contribution < 1.29 is 9.90 Å². The maximum absolute atomic E-state index is 10.6. The van der Waals surface area contributed by atoms with Crippen LogP contribution in [0.1, 0.15) is 12.5 Å². The largest absolute Gasteiger partial charge is 0.481 e. The number of benzene rings is 1. The molecule has 1 N–H and O–H groups in total. The second-order valence-electron chi connectivity index (χ2n) is 3.07. The first-order valence-electron chi connectivity index (χ1n) is 4.07. The Morgan fingerprint density at radius 1 is 1.62 bits per heavy atom. The molecule has 0 saturated carbocycles. The number of carboxylic acid groups (broad SMARTS) is 1. The molecular formula is C10H11IO2. The molecule has 0 fully saturated rings. The Morgan fingerprint density at radius 2 is 2.31 bits per heavy atom. The van der Waals surface area contributed by atoms with Gasteiger partial charge in [0, 0.05) is 3.57 Å². The molecule has 0 bridgehead atoms. The van der Waals surface area contributed by atoms with Gasteiger partial charge in [-0.2, -0.15) is 0 Å². The van der Waals surface area contributed by atoms with E-state index in [2.05, 4.69) is 22.6 Å². The molecule has 0 amide bonds. The Kier molecular flexibility index (Phi) is 3.71. The summed E-state index contributed by atoms with van der Waals surface area (Å²) in [6, 6.07) is 7.92. The highest BCUT2D eigenvalue weighted by atomic mass is 127. The summed E-state index contributed by atoms with van der Waals surface area (Å²) in [6.07, 6.45) is 0.603. The lowest BCUT2D eigenvalue weighted by molar-refractivity contribution is -0.141. The molecule has 1 aromatic carbocycles. The van der Waals surface area contributed by atoms with Crippen molar-refractivity contribution >= 4 is 28.6 Å². The van der Waals surface area contributed by atoms with E-state index in [1.54, 1.807) is 6.92 Å². The average molecular weight is 290 g/mol. The van der Waals surface area contributed by atoms with Crippen LogP contribution in [0.5, 0.6) is 0 Å². The van der Waals surface area contributed by atoms with E-state index in [1.165, 1.54) is 0 Å². The molecule has 0 aromatic heterocycles. The summed E-state index contributed by atoms with van der Waals surface area (Å²) >= 11 is 2.22. The van der Waals surface area contributed by atoms with E-state index in [4.69, 9.17) is 5.11 Å². The Labute approximate surface area is 91.1 Å². The molecule has 1 atom stereocenters. The SMILES string of the molecule is C[C@@H](Cc1cccc(I)c1)C(=O)O. The van der Waals surface area contributed by atoms with Crippen LogP contribution in [0.3, 0.4) is 0 Å². The van der Waals surface area contributed by atoms with Gasteiger partial charge in [0.15, 0.2) is 0 Å². The second kappa shape index (κ2) is 4.60. The molecule has 0 unspecified atom stereocenters. The van der Waals surface area contributed by atoms with E-state index < -0.39 is 5.97 Å². The first-order chi connectivity index (χ1) is 6.09. The molecule has 2 nitrogen and oxygen atoms in total. The van der Waals surface area contributed by atoms with Crippen LogP contribution in [0.15, 0.2) is 24.3 Å². The zero-order chi connectivity index (χ0) is 9.84. The summed E-state index contributed by atoms with van der Waals surface area (Å²) in [4.78, 5) is 10.6. The van der Waals surface area contributed by atoms with Crippen LogP contribution < -0.4 is 0 Å². The molecule has 3 heteroatoms. The normalized spacial score (nSPS) is 12.5. The van der Waals surface area contributed by atoms with Crippen LogP contribution in [-0.4, -0.2) is 11.1 Å². The zero-order valence-corrected chi connectivity index (χ0v) is 9.48. The standard InChI is InChI=1S/C10H11IO2/c1-7(10(12)13)5-8-3-2-4-9(11)6-8/h2-4,6-7H,5H2,1H3,(H,12,13)/t7-/m0/s1. The van der Waals surface area contributed by atoms with E-state index in [1.807, 2.05) is 24.3 Å². The van der Waals surface area contributed by atoms with Gasteiger partial charge in [0.25, 0.3) is 0 Å². The Bertz CT molecular complexity index is 310. The van der Waals surface area contributed by atoms with Crippen LogP contribution in [-0.2, 0) is 11.2 Å². The predicted molar refractivity (Wildman–Crippen MR) is 59.7 cm³/mol. The summed E-state index contributed by atoms with van der Waals surface area (Å²) in [5.41, 5.74) is 1.09. The first kappa shape index (κ1) is 10.5. The van der Waals surface area contributed by atoms with Crippen LogP contribution in [0.2, 0.25) is 0 Å². The Morgan fingerprint density at radius 3 is 2.85 bits per heavy atom. The van der Waals surface area contributed by atoms with Crippen molar-refractivity contribution in [2.75, 3.05) is 0 Å². The van der Waals surface area contributed by atoms with Gasteiger partial charge in [0.05, 0.1) is 5.92 Å². The van der Waals surface area contributed by atoms with Crippen molar-refractivity contribution in [3.05, 3.63) is 33.4 Å². The Balaban J connectivity index is 2.69. The van der Waals surface area contributed by atoms with Crippen molar-refractivity contribution in [1.29, 1.82) is 0 Å². The van der Waals surface area contributed by atoms with Gasteiger partial charge < -0.3 is 5.11 Å². The summed E-state index contributed by atoms with van der Waals surface area (Å²) in [5, 5.41) is 8.71. The number of carboxylic acids is 1. The Hall–Kier alpha value is -0.580. The third kappa shape index (κ3) is 3.34. The lowest BCUT2D eigenvalue weighted by Gasteiger charge is -2.05. The van der Waals surface area contributed by atoms with Gasteiger partial charge >= 0.3 is 5.97 Å². The summed E-state index contributed by atoms with van der Waals surface area (Å²) in [6.45, 7) is 1.72. The smallest absolute Gasteiger partial charge is 0.306 e. The number of halogens is 1. The number of hydrogen-bond acceptors (Lipinski definition) is 1. The van der Waals surface area contributed by atoms with Crippen molar-refractivity contribution in [2.45, 2.75) is 13.3 Å². The summed E-state index contributed by atoms with van der Waals surface area (Å²) in [5.74, 6) is -1.04. The number of hydrogen-bond donors (Lipinski definition) is 1. The van der Waals surface area contributed by atoms with E-state index >= 15 is 0 Å². The van der Waals surface area contributed by atoms with E-state index in [9.17, 15) is 4.79 Å². The van der Waals surface area contributed by atoms with Crippen LogP contribution in [0.25, 0.3) is 0 Å². The lowest BCUT2D eigenvalue weighted by Crippen LogP contribution is -2.12.